The van der Waals surface area contributed by atoms with Crippen LogP contribution in [-0.4, -0.2) is 15.7 Å². The summed E-state index contributed by atoms with van der Waals surface area (Å²) < 4.78 is 1.79. The minimum absolute atomic E-state index is 0.169. The lowest BCUT2D eigenvalue weighted by Crippen LogP contribution is -2.59. The van der Waals surface area contributed by atoms with Crippen LogP contribution in [0.5, 0.6) is 0 Å². The number of benzene rings is 1. The molecule has 4 heteroatoms. The first kappa shape index (κ1) is 17.0. The van der Waals surface area contributed by atoms with E-state index in [-0.39, 0.29) is 16.7 Å². The summed E-state index contributed by atoms with van der Waals surface area (Å²) in [6, 6.07) is 9.12. The molecule has 1 amide bonds. The molecule has 27 heavy (non-hydrogen) atoms. The summed E-state index contributed by atoms with van der Waals surface area (Å²) in [6.07, 6.45) is 10.9. The third kappa shape index (κ3) is 2.81. The molecule has 4 fully saturated rings. The van der Waals surface area contributed by atoms with E-state index in [1.807, 2.05) is 19.4 Å². The van der Waals surface area contributed by atoms with Crippen molar-refractivity contribution in [1.82, 2.24) is 15.1 Å². The van der Waals surface area contributed by atoms with E-state index in [2.05, 4.69) is 41.6 Å². The van der Waals surface area contributed by atoms with Crippen LogP contribution in [-0.2, 0) is 23.8 Å². The van der Waals surface area contributed by atoms with Gasteiger partial charge in [-0.1, -0.05) is 29.8 Å². The van der Waals surface area contributed by atoms with Crippen molar-refractivity contribution >= 4 is 5.91 Å². The molecule has 4 nitrogen and oxygen atoms in total. The second kappa shape index (κ2) is 5.95. The van der Waals surface area contributed by atoms with Gasteiger partial charge in [0.15, 0.2) is 0 Å². The van der Waals surface area contributed by atoms with Gasteiger partial charge in [0.25, 0.3) is 0 Å². The molecule has 6 rings (SSSR count). The Labute approximate surface area is 161 Å². The van der Waals surface area contributed by atoms with E-state index >= 15 is 0 Å². The van der Waals surface area contributed by atoms with Crippen molar-refractivity contribution in [2.75, 3.05) is 0 Å². The predicted octanol–water partition coefficient (Wildman–Crippen LogP) is 3.88. The van der Waals surface area contributed by atoms with Gasteiger partial charge in [0.1, 0.15) is 0 Å². The Bertz CT molecular complexity index is 852. The van der Waals surface area contributed by atoms with Crippen LogP contribution in [0, 0.1) is 24.2 Å². The highest BCUT2D eigenvalue weighted by atomic mass is 16.2. The molecule has 4 saturated carbocycles. The fourth-order valence-corrected chi connectivity index (χ4v) is 6.71. The van der Waals surface area contributed by atoms with Gasteiger partial charge in [-0.25, -0.2) is 0 Å². The Balaban J connectivity index is 1.41. The summed E-state index contributed by atoms with van der Waals surface area (Å²) in [6.45, 7) is 2.73. The monoisotopic (exact) mass is 363 g/mol. The summed E-state index contributed by atoms with van der Waals surface area (Å²) in [4.78, 5) is 13.4. The van der Waals surface area contributed by atoms with Crippen LogP contribution in [0.2, 0.25) is 0 Å². The van der Waals surface area contributed by atoms with E-state index < -0.39 is 0 Å². The normalized spacial score (nSPS) is 34.0. The van der Waals surface area contributed by atoms with Crippen LogP contribution in [0.25, 0.3) is 0 Å². The van der Waals surface area contributed by atoms with Crippen molar-refractivity contribution in [2.24, 2.45) is 24.3 Å². The number of amides is 1. The van der Waals surface area contributed by atoms with E-state index in [1.165, 1.54) is 30.4 Å². The van der Waals surface area contributed by atoms with Gasteiger partial charge in [-0.15, -0.1) is 0 Å². The molecular weight excluding hydrogens is 334 g/mol. The summed E-state index contributed by atoms with van der Waals surface area (Å²) >= 11 is 0. The van der Waals surface area contributed by atoms with Gasteiger partial charge in [0, 0.05) is 25.4 Å². The van der Waals surface area contributed by atoms with Crippen molar-refractivity contribution in [3.05, 3.63) is 53.3 Å². The number of aryl methyl sites for hydroxylation is 2. The van der Waals surface area contributed by atoms with Crippen LogP contribution in [0.3, 0.4) is 0 Å². The van der Waals surface area contributed by atoms with Crippen LogP contribution < -0.4 is 5.32 Å². The second-order valence-electron chi connectivity index (χ2n) is 9.59. The van der Waals surface area contributed by atoms with Gasteiger partial charge in [-0.05, 0) is 68.3 Å². The zero-order valence-corrected chi connectivity index (χ0v) is 16.4. The minimum atomic E-state index is -0.169. The molecule has 2 unspecified atom stereocenters. The first-order chi connectivity index (χ1) is 13.0. The average molecular weight is 364 g/mol. The molecule has 4 bridgehead atoms. The van der Waals surface area contributed by atoms with Gasteiger partial charge in [-0.2, -0.15) is 5.10 Å². The lowest BCUT2D eigenvalue weighted by Gasteiger charge is -2.61. The third-order valence-corrected chi connectivity index (χ3v) is 7.42. The molecule has 1 N–H and O–H groups in total. The Kier molecular flexibility index (Phi) is 3.75. The van der Waals surface area contributed by atoms with E-state index in [1.54, 1.807) is 4.68 Å². The van der Waals surface area contributed by atoms with E-state index in [9.17, 15) is 4.79 Å². The van der Waals surface area contributed by atoms with Gasteiger partial charge >= 0.3 is 0 Å². The Hall–Kier alpha value is -2.10. The number of hydrogen-bond donors (Lipinski definition) is 1. The highest BCUT2D eigenvalue weighted by Gasteiger charge is 2.60. The molecule has 1 aromatic heterocycles. The van der Waals surface area contributed by atoms with Crippen molar-refractivity contribution in [2.45, 2.75) is 57.4 Å². The van der Waals surface area contributed by atoms with Gasteiger partial charge in [0.05, 0.1) is 11.6 Å². The maximum atomic E-state index is 13.4. The van der Waals surface area contributed by atoms with Gasteiger partial charge in [0.2, 0.25) is 5.91 Å². The SMILES string of the molecule is Cc1ccc(C23CC4CC(CC(C(=O)NCc5cnn(C)c5)(C4)C2)C3)cc1. The molecule has 2 aromatic rings. The van der Waals surface area contributed by atoms with Crippen LogP contribution in [0.4, 0.5) is 0 Å². The van der Waals surface area contributed by atoms with Gasteiger partial charge in [-0.3, -0.25) is 9.48 Å². The number of rotatable bonds is 4. The molecule has 2 atom stereocenters. The first-order valence-electron chi connectivity index (χ1n) is 10.3. The number of aromatic nitrogens is 2. The molecule has 0 saturated heterocycles. The van der Waals surface area contributed by atoms with Crippen LogP contribution in [0.1, 0.15) is 55.2 Å². The Morgan fingerprint density at radius 3 is 2.52 bits per heavy atom. The highest BCUT2D eigenvalue weighted by Crippen LogP contribution is 2.65. The summed E-state index contributed by atoms with van der Waals surface area (Å²) in [7, 11) is 1.91. The fraction of sp³-hybridized carbons (Fsp3) is 0.565. The number of nitrogens with one attached hydrogen (secondary N) is 1. The van der Waals surface area contributed by atoms with E-state index in [0.717, 1.165) is 24.8 Å². The topological polar surface area (TPSA) is 46.9 Å². The molecule has 4 aliphatic rings. The fourth-order valence-electron chi connectivity index (χ4n) is 6.71. The predicted molar refractivity (Wildman–Crippen MR) is 105 cm³/mol. The molecule has 0 spiro atoms. The lowest BCUT2D eigenvalue weighted by atomic mass is 9.42. The molecule has 1 aromatic carbocycles. The first-order valence-corrected chi connectivity index (χ1v) is 10.3. The van der Waals surface area contributed by atoms with Crippen molar-refractivity contribution in [1.29, 1.82) is 0 Å². The van der Waals surface area contributed by atoms with Crippen molar-refractivity contribution < 1.29 is 4.79 Å². The van der Waals surface area contributed by atoms with E-state index in [4.69, 9.17) is 0 Å². The quantitative estimate of drug-likeness (QED) is 0.896. The number of hydrogen-bond acceptors (Lipinski definition) is 2. The molecule has 4 aliphatic carbocycles. The number of nitrogens with zero attached hydrogens (tertiary/aromatic N) is 2. The second-order valence-corrected chi connectivity index (χ2v) is 9.59. The number of carbonyl (C=O) groups is 1. The van der Waals surface area contributed by atoms with E-state index in [0.29, 0.717) is 18.4 Å². The standard InChI is InChI=1S/C23H29N3O/c1-16-3-5-20(6-4-16)22-8-17-7-18(9-22)11-23(10-17,15-22)21(27)24-12-19-13-25-26(2)14-19/h3-6,13-14,17-18H,7-12,15H2,1-2H3,(H,24,27). The maximum Gasteiger partial charge on any atom is 0.226 e. The zero-order valence-electron chi connectivity index (χ0n) is 16.4. The van der Waals surface area contributed by atoms with Crippen LogP contribution in [0.15, 0.2) is 36.7 Å². The lowest BCUT2D eigenvalue weighted by molar-refractivity contribution is -0.149. The molecule has 1 heterocycles. The van der Waals surface area contributed by atoms with Crippen LogP contribution >= 0.6 is 0 Å². The number of carbonyl (C=O) groups excluding carboxylic acids is 1. The highest BCUT2D eigenvalue weighted by molar-refractivity contribution is 5.83. The molecule has 0 radical (unpaired) electrons. The average Bonchev–Trinajstić information content (AvgIpc) is 3.04. The summed E-state index contributed by atoms with van der Waals surface area (Å²) in [5.74, 6) is 1.69. The Morgan fingerprint density at radius 2 is 1.89 bits per heavy atom. The molecular formula is C23H29N3O. The largest absolute Gasteiger partial charge is 0.351 e. The Morgan fingerprint density at radius 1 is 1.19 bits per heavy atom. The summed E-state index contributed by atoms with van der Waals surface area (Å²) in [5.41, 5.74) is 3.89. The minimum Gasteiger partial charge on any atom is -0.351 e. The van der Waals surface area contributed by atoms with Crippen molar-refractivity contribution in [3.63, 3.8) is 0 Å². The van der Waals surface area contributed by atoms with Crippen molar-refractivity contribution in [3.8, 4) is 0 Å². The molecule has 0 aliphatic heterocycles. The smallest absolute Gasteiger partial charge is 0.226 e. The zero-order chi connectivity index (χ0) is 18.6. The van der Waals surface area contributed by atoms with Gasteiger partial charge < -0.3 is 5.32 Å². The third-order valence-electron chi connectivity index (χ3n) is 7.42. The summed E-state index contributed by atoms with van der Waals surface area (Å²) in [5, 5.41) is 7.46. The molecule has 142 valence electrons. The maximum absolute atomic E-state index is 13.4.